The third-order valence-electron chi connectivity index (χ3n) is 3.36. The summed E-state index contributed by atoms with van der Waals surface area (Å²) >= 11 is 0. The summed E-state index contributed by atoms with van der Waals surface area (Å²) in [7, 11) is 1.70. The van der Waals surface area contributed by atoms with Crippen molar-refractivity contribution in [2.75, 3.05) is 20.3 Å². The number of ether oxygens (including phenoxy) is 2. The summed E-state index contributed by atoms with van der Waals surface area (Å²) in [5, 5.41) is 3.60. The topological polar surface area (TPSA) is 30.5 Å². The molecule has 0 bridgehead atoms. The summed E-state index contributed by atoms with van der Waals surface area (Å²) < 4.78 is 10.8. The molecule has 0 amide bonds. The fourth-order valence-electron chi connectivity index (χ4n) is 2.37. The summed E-state index contributed by atoms with van der Waals surface area (Å²) in [6, 6.07) is 8.49. The molecule has 3 nitrogen and oxygen atoms in total. The highest BCUT2D eigenvalue weighted by atomic mass is 16.5. The van der Waals surface area contributed by atoms with Crippen LogP contribution in [0.4, 0.5) is 0 Å². The van der Waals surface area contributed by atoms with Crippen LogP contribution in [0.1, 0.15) is 37.8 Å². The van der Waals surface area contributed by atoms with Crippen LogP contribution in [0.5, 0.6) is 5.75 Å². The van der Waals surface area contributed by atoms with Gasteiger partial charge in [-0.25, -0.2) is 0 Å². The highest BCUT2D eigenvalue weighted by molar-refractivity contribution is 5.35. The lowest BCUT2D eigenvalue weighted by atomic mass is 9.95. The summed E-state index contributed by atoms with van der Waals surface area (Å²) in [6.45, 7) is 4.02. The van der Waals surface area contributed by atoms with Crippen LogP contribution in [-0.4, -0.2) is 20.3 Å². The Hall–Kier alpha value is -1.48. The van der Waals surface area contributed by atoms with Gasteiger partial charge in [0.05, 0.1) is 26.0 Å². The molecule has 0 aliphatic carbocycles. The molecular formula is C16H23NO2. The van der Waals surface area contributed by atoms with Gasteiger partial charge in [-0.15, -0.1) is 0 Å². The molecule has 1 heterocycles. The Kier molecular flexibility index (Phi) is 5.28. The first-order chi connectivity index (χ1) is 9.35. The van der Waals surface area contributed by atoms with E-state index < -0.39 is 0 Å². The molecule has 0 saturated carbocycles. The van der Waals surface area contributed by atoms with E-state index in [9.17, 15) is 0 Å². The van der Waals surface area contributed by atoms with Crippen LogP contribution in [0.25, 0.3) is 0 Å². The first-order valence-electron chi connectivity index (χ1n) is 7.03. The van der Waals surface area contributed by atoms with Gasteiger partial charge in [-0.05, 0) is 49.1 Å². The van der Waals surface area contributed by atoms with E-state index in [0.717, 1.165) is 38.2 Å². The van der Waals surface area contributed by atoms with Crippen LogP contribution in [0.15, 0.2) is 36.1 Å². The SMILES string of the molecule is CCCNC(C1=COCCC1)c1cccc(OC)c1. The van der Waals surface area contributed by atoms with E-state index in [0.29, 0.717) is 0 Å². The smallest absolute Gasteiger partial charge is 0.119 e. The summed E-state index contributed by atoms with van der Waals surface area (Å²) in [5.74, 6) is 0.901. The number of benzene rings is 1. The van der Waals surface area contributed by atoms with E-state index in [1.165, 1.54) is 11.1 Å². The maximum atomic E-state index is 5.49. The van der Waals surface area contributed by atoms with Gasteiger partial charge in [-0.3, -0.25) is 0 Å². The average Bonchev–Trinajstić information content (AvgIpc) is 2.49. The van der Waals surface area contributed by atoms with Gasteiger partial charge >= 0.3 is 0 Å². The fraction of sp³-hybridized carbons (Fsp3) is 0.500. The standard InChI is InChI=1S/C16H23NO2/c1-3-9-17-16(14-7-5-10-19-12-14)13-6-4-8-15(11-13)18-2/h4,6,8,11-12,16-17H,3,5,7,9-10H2,1-2H3. The van der Waals surface area contributed by atoms with E-state index in [-0.39, 0.29) is 6.04 Å². The first-order valence-corrected chi connectivity index (χ1v) is 7.03. The molecule has 1 aromatic carbocycles. The Labute approximate surface area is 115 Å². The fourth-order valence-corrected chi connectivity index (χ4v) is 2.37. The van der Waals surface area contributed by atoms with Crippen molar-refractivity contribution in [2.45, 2.75) is 32.2 Å². The summed E-state index contributed by atoms with van der Waals surface area (Å²) in [4.78, 5) is 0. The lowest BCUT2D eigenvalue weighted by Gasteiger charge is -2.25. The Morgan fingerprint density at radius 1 is 1.42 bits per heavy atom. The zero-order valence-electron chi connectivity index (χ0n) is 11.8. The molecule has 1 aliphatic heterocycles. The lowest BCUT2D eigenvalue weighted by molar-refractivity contribution is 0.219. The third kappa shape index (κ3) is 3.74. The molecule has 1 aromatic rings. The van der Waals surface area contributed by atoms with E-state index in [1.807, 2.05) is 18.4 Å². The van der Waals surface area contributed by atoms with Gasteiger partial charge in [-0.1, -0.05) is 19.1 Å². The summed E-state index contributed by atoms with van der Waals surface area (Å²) in [6.07, 6.45) is 5.24. The molecule has 1 aliphatic rings. The second kappa shape index (κ2) is 7.19. The molecule has 1 unspecified atom stereocenters. The molecule has 1 N–H and O–H groups in total. The van der Waals surface area contributed by atoms with Gasteiger partial charge in [0.25, 0.3) is 0 Å². The minimum atomic E-state index is 0.232. The molecule has 0 saturated heterocycles. The Morgan fingerprint density at radius 2 is 2.32 bits per heavy atom. The Balaban J connectivity index is 2.22. The van der Waals surface area contributed by atoms with E-state index in [2.05, 4.69) is 24.4 Å². The second-order valence-electron chi connectivity index (χ2n) is 4.83. The van der Waals surface area contributed by atoms with Gasteiger partial charge in [0.2, 0.25) is 0 Å². The van der Waals surface area contributed by atoms with Gasteiger partial charge in [0.15, 0.2) is 0 Å². The number of rotatable bonds is 6. The minimum absolute atomic E-state index is 0.232. The molecule has 0 radical (unpaired) electrons. The van der Waals surface area contributed by atoms with Crippen molar-refractivity contribution in [3.05, 3.63) is 41.7 Å². The molecule has 0 aromatic heterocycles. The van der Waals surface area contributed by atoms with Crippen molar-refractivity contribution < 1.29 is 9.47 Å². The number of hydrogen-bond acceptors (Lipinski definition) is 3. The van der Waals surface area contributed by atoms with E-state index in [1.54, 1.807) is 7.11 Å². The normalized spacial score (nSPS) is 16.4. The number of methoxy groups -OCH3 is 1. The monoisotopic (exact) mass is 261 g/mol. The molecule has 0 fully saturated rings. The number of nitrogens with one attached hydrogen (secondary N) is 1. The van der Waals surface area contributed by atoms with Crippen molar-refractivity contribution in [3.8, 4) is 5.75 Å². The molecule has 2 rings (SSSR count). The van der Waals surface area contributed by atoms with Gasteiger partial charge in [0, 0.05) is 0 Å². The van der Waals surface area contributed by atoms with Crippen LogP contribution in [0, 0.1) is 0 Å². The summed E-state index contributed by atoms with van der Waals surface area (Å²) in [5.41, 5.74) is 2.57. The molecular weight excluding hydrogens is 238 g/mol. The van der Waals surface area contributed by atoms with Gasteiger partial charge in [-0.2, -0.15) is 0 Å². The van der Waals surface area contributed by atoms with Crippen molar-refractivity contribution in [1.29, 1.82) is 0 Å². The predicted octanol–water partition coefficient (Wildman–Crippen LogP) is 3.43. The zero-order valence-corrected chi connectivity index (χ0v) is 11.8. The predicted molar refractivity (Wildman–Crippen MR) is 77.3 cm³/mol. The Bertz CT molecular complexity index is 429. The van der Waals surface area contributed by atoms with Gasteiger partial charge in [0.1, 0.15) is 5.75 Å². The van der Waals surface area contributed by atoms with Crippen molar-refractivity contribution in [1.82, 2.24) is 5.32 Å². The average molecular weight is 261 g/mol. The van der Waals surface area contributed by atoms with E-state index >= 15 is 0 Å². The zero-order chi connectivity index (χ0) is 13.5. The maximum Gasteiger partial charge on any atom is 0.119 e. The number of hydrogen-bond donors (Lipinski definition) is 1. The highest BCUT2D eigenvalue weighted by Gasteiger charge is 2.18. The van der Waals surface area contributed by atoms with Crippen LogP contribution < -0.4 is 10.1 Å². The van der Waals surface area contributed by atoms with Crippen LogP contribution in [0.3, 0.4) is 0 Å². The first kappa shape index (κ1) is 13.9. The molecule has 3 heteroatoms. The van der Waals surface area contributed by atoms with Crippen LogP contribution in [0.2, 0.25) is 0 Å². The van der Waals surface area contributed by atoms with E-state index in [4.69, 9.17) is 9.47 Å². The van der Waals surface area contributed by atoms with Crippen molar-refractivity contribution in [2.24, 2.45) is 0 Å². The van der Waals surface area contributed by atoms with Crippen molar-refractivity contribution >= 4 is 0 Å². The van der Waals surface area contributed by atoms with Crippen molar-refractivity contribution in [3.63, 3.8) is 0 Å². The van der Waals surface area contributed by atoms with Gasteiger partial charge < -0.3 is 14.8 Å². The Morgan fingerprint density at radius 3 is 3.00 bits per heavy atom. The third-order valence-corrected chi connectivity index (χ3v) is 3.36. The molecule has 104 valence electrons. The maximum absolute atomic E-state index is 5.49. The molecule has 0 spiro atoms. The molecule has 1 atom stereocenters. The minimum Gasteiger partial charge on any atom is -0.501 e. The molecule has 19 heavy (non-hydrogen) atoms. The quantitative estimate of drug-likeness (QED) is 0.851. The lowest BCUT2D eigenvalue weighted by Crippen LogP contribution is -2.25. The largest absolute Gasteiger partial charge is 0.501 e. The highest BCUT2D eigenvalue weighted by Crippen LogP contribution is 2.29. The van der Waals surface area contributed by atoms with Crippen LogP contribution in [-0.2, 0) is 4.74 Å². The van der Waals surface area contributed by atoms with Crippen LogP contribution >= 0.6 is 0 Å². The second-order valence-corrected chi connectivity index (χ2v) is 4.83.